The van der Waals surface area contributed by atoms with Gasteiger partial charge in [0, 0.05) is 18.3 Å². The Morgan fingerprint density at radius 1 is 1.40 bits per heavy atom. The Morgan fingerprint density at radius 3 is 3.00 bits per heavy atom. The third kappa shape index (κ3) is 1.57. The summed E-state index contributed by atoms with van der Waals surface area (Å²) in [6.45, 7) is 4.51. The van der Waals surface area contributed by atoms with Crippen LogP contribution in [0, 0.1) is 0 Å². The average molecular weight is 205 g/mol. The summed E-state index contributed by atoms with van der Waals surface area (Å²) in [5.74, 6) is 0.939. The molecular formula is C12H15NO2. The van der Waals surface area contributed by atoms with Crippen LogP contribution in [0.3, 0.4) is 0 Å². The summed E-state index contributed by atoms with van der Waals surface area (Å²) in [7, 11) is 0. The van der Waals surface area contributed by atoms with Gasteiger partial charge in [0.25, 0.3) is 0 Å². The van der Waals surface area contributed by atoms with E-state index in [9.17, 15) is 0 Å². The zero-order chi connectivity index (χ0) is 10.3. The van der Waals surface area contributed by atoms with E-state index in [0.717, 1.165) is 18.7 Å². The minimum Gasteiger partial charge on any atom is -0.483 e. The zero-order valence-electron chi connectivity index (χ0n) is 8.88. The summed E-state index contributed by atoms with van der Waals surface area (Å²) in [5.41, 5.74) is 2.49. The maximum absolute atomic E-state index is 5.90. The lowest BCUT2D eigenvalue weighted by atomic mass is 10.1. The van der Waals surface area contributed by atoms with E-state index < -0.39 is 0 Å². The van der Waals surface area contributed by atoms with E-state index in [-0.39, 0.29) is 5.60 Å². The van der Waals surface area contributed by atoms with E-state index in [0.29, 0.717) is 13.2 Å². The molecule has 0 aromatic heterocycles. The number of benzene rings is 1. The highest BCUT2D eigenvalue weighted by Crippen LogP contribution is 2.30. The molecule has 2 aliphatic heterocycles. The first-order chi connectivity index (χ1) is 7.25. The number of rotatable bonds is 2. The highest BCUT2D eigenvalue weighted by Gasteiger charge is 2.35. The van der Waals surface area contributed by atoms with Crippen molar-refractivity contribution in [2.75, 3.05) is 25.1 Å². The zero-order valence-corrected chi connectivity index (χ0v) is 8.88. The Hall–Kier alpha value is -1.22. The second-order valence-electron chi connectivity index (χ2n) is 4.54. The number of nitrogens with one attached hydrogen (secondary N) is 1. The topological polar surface area (TPSA) is 30.5 Å². The summed E-state index contributed by atoms with van der Waals surface area (Å²) in [6, 6.07) is 6.29. The van der Waals surface area contributed by atoms with E-state index in [1.807, 2.05) is 0 Å². The minimum atomic E-state index is -0.118. The van der Waals surface area contributed by atoms with Gasteiger partial charge in [-0.25, -0.2) is 0 Å². The monoisotopic (exact) mass is 205 g/mol. The van der Waals surface area contributed by atoms with Crippen molar-refractivity contribution in [1.82, 2.24) is 0 Å². The molecule has 0 bridgehead atoms. The molecule has 0 atom stereocenters. The van der Waals surface area contributed by atoms with Gasteiger partial charge in [0.05, 0.1) is 13.2 Å². The van der Waals surface area contributed by atoms with Gasteiger partial charge in [-0.2, -0.15) is 0 Å². The van der Waals surface area contributed by atoms with Crippen molar-refractivity contribution >= 4 is 5.69 Å². The maximum atomic E-state index is 5.90. The lowest BCUT2D eigenvalue weighted by Crippen LogP contribution is -2.51. The first-order valence-electron chi connectivity index (χ1n) is 5.39. The summed E-state index contributed by atoms with van der Waals surface area (Å²) < 4.78 is 11.1. The Labute approximate surface area is 89.4 Å². The fourth-order valence-electron chi connectivity index (χ4n) is 2.07. The molecular weight excluding hydrogens is 190 g/mol. The van der Waals surface area contributed by atoms with Gasteiger partial charge in [0.2, 0.25) is 0 Å². The van der Waals surface area contributed by atoms with Crippen LogP contribution >= 0.6 is 0 Å². The van der Waals surface area contributed by atoms with Gasteiger partial charge >= 0.3 is 0 Å². The fraction of sp³-hybridized carbons (Fsp3) is 0.500. The number of anilines is 1. The Kier molecular flexibility index (Phi) is 1.89. The van der Waals surface area contributed by atoms with Crippen LogP contribution in [-0.2, 0) is 11.2 Å². The molecule has 0 aliphatic carbocycles. The third-order valence-electron chi connectivity index (χ3n) is 2.97. The molecule has 0 radical (unpaired) electrons. The minimum absolute atomic E-state index is 0.118. The van der Waals surface area contributed by atoms with Gasteiger partial charge in [-0.1, -0.05) is 6.07 Å². The molecule has 80 valence electrons. The quantitative estimate of drug-likeness (QED) is 0.799. The highest BCUT2D eigenvalue weighted by atomic mass is 16.6. The SMILES string of the molecule is CC1(Oc2ccc3c(c2)NCC3)COC1. The van der Waals surface area contributed by atoms with Gasteiger partial charge in [-0.3, -0.25) is 0 Å². The number of hydrogen-bond acceptors (Lipinski definition) is 3. The molecule has 3 nitrogen and oxygen atoms in total. The standard InChI is InChI=1S/C12H15NO2/c1-12(7-14-8-12)15-10-3-2-9-4-5-13-11(9)6-10/h2-3,6,13H,4-5,7-8H2,1H3. The van der Waals surface area contributed by atoms with E-state index in [1.165, 1.54) is 11.3 Å². The van der Waals surface area contributed by atoms with Crippen molar-refractivity contribution in [2.24, 2.45) is 0 Å². The summed E-state index contributed by atoms with van der Waals surface area (Å²) in [6.07, 6.45) is 1.12. The molecule has 3 heteroatoms. The van der Waals surface area contributed by atoms with E-state index in [2.05, 4.69) is 30.4 Å². The second kappa shape index (κ2) is 3.14. The number of hydrogen-bond donors (Lipinski definition) is 1. The van der Waals surface area contributed by atoms with Crippen LogP contribution in [0.15, 0.2) is 18.2 Å². The summed E-state index contributed by atoms with van der Waals surface area (Å²) >= 11 is 0. The van der Waals surface area contributed by atoms with Crippen molar-refractivity contribution in [3.63, 3.8) is 0 Å². The van der Waals surface area contributed by atoms with Crippen LogP contribution in [0.1, 0.15) is 12.5 Å². The van der Waals surface area contributed by atoms with E-state index >= 15 is 0 Å². The van der Waals surface area contributed by atoms with Gasteiger partial charge < -0.3 is 14.8 Å². The lowest BCUT2D eigenvalue weighted by Gasteiger charge is -2.38. The van der Waals surface area contributed by atoms with Crippen molar-refractivity contribution in [1.29, 1.82) is 0 Å². The molecule has 1 aromatic carbocycles. The summed E-state index contributed by atoms with van der Waals surface area (Å²) in [4.78, 5) is 0. The Bertz CT molecular complexity index is 385. The molecule has 1 fully saturated rings. The smallest absolute Gasteiger partial charge is 0.152 e. The van der Waals surface area contributed by atoms with Crippen LogP contribution in [0.4, 0.5) is 5.69 Å². The number of fused-ring (bicyclic) bond motifs is 1. The second-order valence-corrected chi connectivity index (χ2v) is 4.54. The lowest BCUT2D eigenvalue weighted by molar-refractivity contribution is -0.149. The van der Waals surface area contributed by atoms with Crippen molar-refractivity contribution < 1.29 is 9.47 Å². The molecule has 0 unspecified atom stereocenters. The molecule has 1 saturated heterocycles. The van der Waals surface area contributed by atoms with Crippen LogP contribution in [0.25, 0.3) is 0 Å². The van der Waals surface area contributed by atoms with Gasteiger partial charge in [0.15, 0.2) is 5.60 Å². The van der Waals surface area contributed by atoms with E-state index in [4.69, 9.17) is 9.47 Å². The molecule has 1 aromatic rings. The van der Waals surface area contributed by atoms with Crippen molar-refractivity contribution in [3.05, 3.63) is 23.8 Å². The van der Waals surface area contributed by atoms with Crippen LogP contribution in [0.5, 0.6) is 5.75 Å². The van der Waals surface area contributed by atoms with Crippen LogP contribution in [-0.4, -0.2) is 25.4 Å². The third-order valence-corrected chi connectivity index (χ3v) is 2.97. The molecule has 0 spiro atoms. The first-order valence-corrected chi connectivity index (χ1v) is 5.39. The molecule has 3 rings (SSSR count). The molecule has 2 aliphatic rings. The highest BCUT2D eigenvalue weighted by molar-refractivity contribution is 5.58. The van der Waals surface area contributed by atoms with Crippen molar-refractivity contribution in [2.45, 2.75) is 18.9 Å². The van der Waals surface area contributed by atoms with Gasteiger partial charge in [-0.15, -0.1) is 0 Å². The predicted octanol–water partition coefficient (Wildman–Crippen LogP) is 1.82. The molecule has 1 N–H and O–H groups in total. The normalized spacial score (nSPS) is 21.4. The summed E-state index contributed by atoms with van der Waals surface area (Å²) in [5, 5.41) is 3.35. The van der Waals surface area contributed by atoms with Gasteiger partial charge in [0.1, 0.15) is 5.75 Å². The van der Waals surface area contributed by atoms with E-state index in [1.54, 1.807) is 0 Å². The van der Waals surface area contributed by atoms with Gasteiger partial charge in [-0.05, 0) is 25.0 Å². The van der Waals surface area contributed by atoms with Crippen LogP contribution < -0.4 is 10.1 Å². The van der Waals surface area contributed by atoms with Crippen LogP contribution in [0.2, 0.25) is 0 Å². The first kappa shape index (κ1) is 9.04. The largest absolute Gasteiger partial charge is 0.483 e. The molecule has 0 saturated carbocycles. The Balaban J connectivity index is 1.81. The number of ether oxygens (including phenoxy) is 2. The maximum Gasteiger partial charge on any atom is 0.152 e. The molecule has 0 amide bonds. The predicted molar refractivity (Wildman–Crippen MR) is 58.5 cm³/mol. The van der Waals surface area contributed by atoms with Crippen molar-refractivity contribution in [3.8, 4) is 5.75 Å². The molecule has 15 heavy (non-hydrogen) atoms. The Morgan fingerprint density at radius 2 is 2.27 bits per heavy atom. The molecule has 2 heterocycles. The average Bonchev–Trinajstić information content (AvgIpc) is 2.62. The fourth-order valence-corrected chi connectivity index (χ4v) is 2.07.